The van der Waals surface area contributed by atoms with Crippen LogP contribution in [0.5, 0.6) is 5.75 Å². The smallest absolute Gasteiger partial charge is 0.306 e. The summed E-state index contributed by atoms with van der Waals surface area (Å²) in [5.74, 6) is -1.47. The molecule has 0 radical (unpaired) electrons. The number of hydrogen-bond acceptors (Lipinski definition) is 3. The molecule has 0 saturated heterocycles. The van der Waals surface area contributed by atoms with E-state index in [4.69, 9.17) is 5.11 Å². The predicted octanol–water partition coefficient (Wildman–Crippen LogP) is 2.68. The van der Waals surface area contributed by atoms with Crippen molar-refractivity contribution in [1.82, 2.24) is 5.32 Å². The molecule has 20 heavy (non-hydrogen) atoms. The van der Waals surface area contributed by atoms with Crippen molar-refractivity contribution in [1.29, 1.82) is 0 Å². The van der Waals surface area contributed by atoms with Crippen LogP contribution in [-0.4, -0.2) is 22.7 Å². The maximum absolute atomic E-state index is 13.7. The molecule has 1 aliphatic rings. The number of benzene rings is 1. The van der Waals surface area contributed by atoms with E-state index in [9.17, 15) is 14.3 Å². The molecule has 0 aromatic heterocycles. The standard InChI is InChI=1S/C15H20FNO3/c1-9(12-6-5-11(18)7-14(12)16)17-8-10-3-2-4-13(10)15(19)20/h5-7,9-10,13,17-18H,2-4,8H2,1H3,(H,19,20). The Labute approximate surface area is 117 Å². The average molecular weight is 281 g/mol. The second-order valence-electron chi connectivity index (χ2n) is 5.47. The maximum atomic E-state index is 13.7. The Balaban J connectivity index is 1.95. The lowest BCUT2D eigenvalue weighted by Crippen LogP contribution is -2.31. The molecule has 1 fully saturated rings. The van der Waals surface area contributed by atoms with Gasteiger partial charge in [0.25, 0.3) is 0 Å². The SMILES string of the molecule is CC(NCC1CCCC1C(=O)O)c1ccc(O)cc1F. The van der Waals surface area contributed by atoms with Crippen LogP contribution in [0.2, 0.25) is 0 Å². The summed E-state index contributed by atoms with van der Waals surface area (Å²) >= 11 is 0. The van der Waals surface area contributed by atoms with Gasteiger partial charge in [-0.15, -0.1) is 0 Å². The largest absolute Gasteiger partial charge is 0.508 e. The normalized spacial score (nSPS) is 23.7. The van der Waals surface area contributed by atoms with E-state index in [0.29, 0.717) is 12.1 Å². The van der Waals surface area contributed by atoms with Crippen molar-refractivity contribution in [3.63, 3.8) is 0 Å². The zero-order valence-electron chi connectivity index (χ0n) is 11.5. The van der Waals surface area contributed by atoms with Gasteiger partial charge in [0.05, 0.1) is 5.92 Å². The summed E-state index contributed by atoms with van der Waals surface area (Å²) < 4.78 is 13.7. The minimum atomic E-state index is -0.738. The van der Waals surface area contributed by atoms with Gasteiger partial charge in [-0.25, -0.2) is 4.39 Å². The molecule has 3 atom stereocenters. The second kappa shape index (κ2) is 6.22. The Bertz CT molecular complexity index is 492. The first-order valence-electron chi connectivity index (χ1n) is 6.93. The van der Waals surface area contributed by atoms with Gasteiger partial charge in [-0.05, 0) is 38.3 Å². The Morgan fingerprint density at radius 3 is 2.90 bits per heavy atom. The number of rotatable bonds is 5. The maximum Gasteiger partial charge on any atom is 0.306 e. The molecular formula is C15H20FNO3. The van der Waals surface area contributed by atoms with E-state index in [2.05, 4.69) is 5.32 Å². The van der Waals surface area contributed by atoms with Crippen LogP contribution in [0.1, 0.15) is 37.8 Å². The van der Waals surface area contributed by atoms with Crippen molar-refractivity contribution in [2.24, 2.45) is 11.8 Å². The lowest BCUT2D eigenvalue weighted by molar-refractivity contribution is -0.142. The topological polar surface area (TPSA) is 69.6 Å². The number of carbonyl (C=O) groups is 1. The first kappa shape index (κ1) is 14.8. The van der Waals surface area contributed by atoms with E-state index >= 15 is 0 Å². The van der Waals surface area contributed by atoms with Gasteiger partial charge in [0.15, 0.2) is 0 Å². The summed E-state index contributed by atoms with van der Waals surface area (Å²) in [6.45, 7) is 2.40. The van der Waals surface area contributed by atoms with Crippen molar-refractivity contribution < 1.29 is 19.4 Å². The summed E-state index contributed by atoms with van der Waals surface area (Å²) in [5.41, 5.74) is 0.479. The molecule has 1 saturated carbocycles. The number of aromatic hydroxyl groups is 1. The highest BCUT2D eigenvalue weighted by Gasteiger charge is 2.32. The molecule has 1 aromatic rings. The third-order valence-electron chi connectivity index (χ3n) is 4.11. The fourth-order valence-corrected chi connectivity index (χ4v) is 2.91. The molecule has 0 bridgehead atoms. The van der Waals surface area contributed by atoms with Crippen LogP contribution in [0.3, 0.4) is 0 Å². The van der Waals surface area contributed by atoms with Crippen molar-refractivity contribution in [2.75, 3.05) is 6.54 Å². The van der Waals surface area contributed by atoms with Crippen LogP contribution in [-0.2, 0) is 4.79 Å². The molecule has 1 aromatic carbocycles. The summed E-state index contributed by atoms with van der Waals surface area (Å²) in [6.07, 6.45) is 2.56. The molecule has 110 valence electrons. The van der Waals surface area contributed by atoms with Crippen molar-refractivity contribution >= 4 is 5.97 Å². The van der Waals surface area contributed by atoms with Gasteiger partial charge in [-0.2, -0.15) is 0 Å². The lowest BCUT2D eigenvalue weighted by atomic mass is 9.95. The van der Waals surface area contributed by atoms with Crippen molar-refractivity contribution in [3.05, 3.63) is 29.6 Å². The number of carboxylic acids is 1. The summed E-state index contributed by atoms with van der Waals surface area (Å²) in [6, 6.07) is 3.87. The van der Waals surface area contributed by atoms with Crippen LogP contribution in [0.25, 0.3) is 0 Å². The molecule has 3 unspecified atom stereocenters. The van der Waals surface area contributed by atoms with Gasteiger partial charge in [0.1, 0.15) is 11.6 Å². The van der Waals surface area contributed by atoms with Crippen molar-refractivity contribution in [3.8, 4) is 5.75 Å². The van der Waals surface area contributed by atoms with Gasteiger partial charge < -0.3 is 15.5 Å². The Hall–Kier alpha value is -1.62. The molecular weight excluding hydrogens is 261 g/mol. The van der Waals surface area contributed by atoms with Crippen LogP contribution in [0.4, 0.5) is 4.39 Å². The van der Waals surface area contributed by atoms with Gasteiger partial charge in [0, 0.05) is 17.7 Å². The third-order valence-corrected chi connectivity index (χ3v) is 4.11. The average Bonchev–Trinajstić information content (AvgIpc) is 2.84. The highest BCUT2D eigenvalue weighted by atomic mass is 19.1. The molecule has 0 amide bonds. The van der Waals surface area contributed by atoms with Crippen LogP contribution < -0.4 is 5.32 Å². The Kier molecular flexibility index (Phi) is 4.60. The van der Waals surface area contributed by atoms with Gasteiger partial charge in [0.2, 0.25) is 0 Å². The van der Waals surface area contributed by atoms with E-state index < -0.39 is 11.8 Å². The lowest BCUT2D eigenvalue weighted by Gasteiger charge is -2.20. The van der Waals surface area contributed by atoms with E-state index in [-0.39, 0.29) is 23.6 Å². The van der Waals surface area contributed by atoms with E-state index in [1.54, 1.807) is 6.07 Å². The van der Waals surface area contributed by atoms with Gasteiger partial charge in [-0.1, -0.05) is 12.5 Å². The molecule has 3 N–H and O–H groups in total. The van der Waals surface area contributed by atoms with Crippen LogP contribution >= 0.6 is 0 Å². The van der Waals surface area contributed by atoms with E-state index in [1.165, 1.54) is 6.07 Å². The predicted molar refractivity (Wildman–Crippen MR) is 72.9 cm³/mol. The molecule has 4 nitrogen and oxygen atoms in total. The molecule has 0 spiro atoms. The first-order valence-corrected chi connectivity index (χ1v) is 6.93. The fourth-order valence-electron chi connectivity index (χ4n) is 2.91. The molecule has 0 heterocycles. The summed E-state index contributed by atoms with van der Waals surface area (Å²) in [4.78, 5) is 11.1. The van der Waals surface area contributed by atoms with Gasteiger partial charge in [-0.3, -0.25) is 4.79 Å². The highest BCUT2D eigenvalue weighted by molar-refractivity contribution is 5.70. The highest BCUT2D eigenvalue weighted by Crippen LogP contribution is 2.32. The van der Waals surface area contributed by atoms with E-state index in [0.717, 1.165) is 25.3 Å². The number of halogens is 1. The summed E-state index contributed by atoms with van der Waals surface area (Å²) in [5, 5.41) is 21.5. The fraction of sp³-hybridized carbons (Fsp3) is 0.533. The third kappa shape index (κ3) is 3.28. The Morgan fingerprint density at radius 1 is 1.50 bits per heavy atom. The summed E-state index contributed by atoms with van der Waals surface area (Å²) in [7, 11) is 0. The number of phenolic OH excluding ortho intramolecular Hbond substituents is 1. The zero-order chi connectivity index (χ0) is 14.7. The minimum absolute atomic E-state index is 0.0971. The first-order chi connectivity index (χ1) is 9.49. The number of hydrogen-bond donors (Lipinski definition) is 3. The van der Waals surface area contributed by atoms with Crippen LogP contribution in [0, 0.1) is 17.7 Å². The molecule has 2 rings (SSSR count). The Morgan fingerprint density at radius 2 is 2.25 bits per heavy atom. The van der Waals surface area contributed by atoms with Crippen molar-refractivity contribution in [2.45, 2.75) is 32.2 Å². The molecule has 0 aliphatic heterocycles. The van der Waals surface area contributed by atoms with Crippen LogP contribution in [0.15, 0.2) is 18.2 Å². The zero-order valence-corrected chi connectivity index (χ0v) is 11.5. The monoisotopic (exact) mass is 281 g/mol. The number of phenols is 1. The second-order valence-corrected chi connectivity index (χ2v) is 5.47. The minimum Gasteiger partial charge on any atom is -0.508 e. The number of nitrogens with one attached hydrogen (secondary N) is 1. The quantitative estimate of drug-likeness (QED) is 0.776. The number of aliphatic carboxylic acids is 1. The molecule has 5 heteroatoms. The van der Waals surface area contributed by atoms with E-state index in [1.807, 2.05) is 6.92 Å². The number of carboxylic acid groups (broad SMARTS) is 1. The molecule has 1 aliphatic carbocycles. The van der Waals surface area contributed by atoms with Gasteiger partial charge >= 0.3 is 5.97 Å².